The Morgan fingerprint density at radius 3 is 2.07 bits per heavy atom. The van der Waals surface area contributed by atoms with Gasteiger partial charge in [-0.2, -0.15) is 11.8 Å². The Kier molecular flexibility index (Phi) is 14.1. The summed E-state index contributed by atoms with van der Waals surface area (Å²) in [5.41, 5.74) is 11.4. The lowest BCUT2D eigenvalue weighted by atomic mass is 10.0. The molecule has 30 heavy (non-hydrogen) atoms. The zero-order chi connectivity index (χ0) is 23.3. The molecule has 0 bridgehead atoms. The number of amides is 3. The molecule has 0 spiro atoms. The number of thioether (sulfide) groups is 1. The molecule has 0 aliphatic carbocycles. The molecule has 0 saturated carbocycles. The molecule has 0 aromatic carbocycles. The largest absolute Gasteiger partial charge is 0.480 e. The van der Waals surface area contributed by atoms with E-state index in [0.717, 1.165) is 5.75 Å². The molecule has 0 radical (unpaired) electrons. The average molecular weight is 448 g/mol. The molecular formula is C19H37N5O5S. The quantitative estimate of drug-likeness (QED) is 0.180. The molecule has 4 atom stereocenters. The van der Waals surface area contributed by atoms with Gasteiger partial charge >= 0.3 is 5.97 Å². The van der Waals surface area contributed by atoms with Gasteiger partial charge < -0.3 is 32.5 Å². The molecule has 10 nitrogen and oxygen atoms in total. The summed E-state index contributed by atoms with van der Waals surface area (Å²) in [6.45, 7) is 5.32. The Balaban J connectivity index is 5.20. The van der Waals surface area contributed by atoms with Gasteiger partial charge in [0.15, 0.2) is 0 Å². The van der Waals surface area contributed by atoms with Crippen molar-refractivity contribution in [1.82, 2.24) is 16.0 Å². The number of nitrogens with two attached hydrogens (primary N) is 2. The van der Waals surface area contributed by atoms with Crippen LogP contribution in [0, 0.1) is 5.92 Å². The molecule has 0 heterocycles. The number of hydrogen-bond donors (Lipinski definition) is 6. The van der Waals surface area contributed by atoms with Crippen LogP contribution in [-0.2, 0) is 19.2 Å². The molecule has 174 valence electrons. The molecule has 8 N–H and O–H groups in total. The van der Waals surface area contributed by atoms with E-state index in [2.05, 4.69) is 16.0 Å². The fourth-order valence-corrected chi connectivity index (χ4v) is 3.06. The van der Waals surface area contributed by atoms with E-state index in [4.69, 9.17) is 16.6 Å². The molecule has 0 aliphatic rings. The Morgan fingerprint density at radius 1 is 0.933 bits per heavy atom. The fourth-order valence-electron chi connectivity index (χ4n) is 2.57. The summed E-state index contributed by atoms with van der Waals surface area (Å²) in [5, 5.41) is 16.7. The monoisotopic (exact) mass is 447 g/mol. The number of unbranched alkanes of at least 4 members (excludes halogenated alkanes) is 1. The van der Waals surface area contributed by atoms with Crippen LogP contribution in [0.4, 0.5) is 0 Å². The van der Waals surface area contributed by atoms with Crippen LogP contribution in [-0.4, -0.2) is 71.5 Å². The van der Waals surface area contributed by atoms with Gasteiger partial charge in [0, 0.05) is 0 Å². The highest BCUT2D eigenvalue weighted by Gasteiger charge is 2.30. The number of carbonyl (C=O) groups excluding carboxylic acids is 3. The Labute approximate surface area is 182 Å². The van der Waals surface area contributed by atoms with E-state index < -0.39 is 47.9 Å². The molecule has 0 saturated heterocycles. The number of carbonyl (C=O) groups is 4. The first-order valence-electron chi connectivity index (χ1n) is 10.1. The Hall–Kier alpha value is -1.85. The highest BCUT2D eigenvalue weighted by molar-refractivity contribution is 7.98. The summed E-state index contributed by atoms with van der Waals surface area (Å²) in [4.78, 5) is 48.7. The number of rotatable bonds is 15. The summed E-state index contributed by atoms with van der Waals surface area (Å²) in [5.74, 6) is -2.25. The van der Waals surface area contributed by atoms with Crippen molar-refractivity contribution >= 4 is 35.5 Å². The van der Waals surface area contributed by atoms with Crippen molar-refractivity contribution in [3.05, 3.63) is 0 Å². The highest BCUT2D eigenvalue weighted by atomic mass is 32.2. The lowest BCUT2D eigenvalue weighted by Crippen LogP contribution is -2.58. The average Bonchev–Trinajstić information content (AvgIpc) is 2.68. The second kappa shape index (κ2) is 15.0. The van der Waals surface area contributed by atoms with Crippen LogP contribution >= 0.6 is 11.8 Å². The van der Waals surface area contributed by atoms with Gasteiger partial charge in [-0.25, -0.2) is 0 Å². The fraction of sp³-hybridized carbons (Fsp3) is 0.789. The van der Waals surface area contributed by atoms with Crippen molar-refractivity contribution in [3.8, 4) is 0 Å². The smallest absolute Gasteiger partial charge is 0.325 e. The van der Waals surface area contributed by atoms with Crippen LogP contribution in [0.25, 0.3) is 0 Å². The molecule has 0 aliphatic heterocycles. The van der Waals surface area contributed by atoms with Crippen LogP contribution in [0.5, 0.6) is 0 Å². The zero-order valence-electron chi connectivity index (χ0n) is 18.3. The van der Waals surface area contributed by atoms with Crippen molar-refractivity contribution in [2.75, 3.05) is 18.6 Å². The molecule has 0 rings (SSSR count). The van der Waals surface area contributed by atoms with E-state index in [-0.39, 0.29) is 5.92 Å². The predicted molar refractivity (Wildman–Crippen MR) is 118 cm³/mol. The summed E-state index contributed by atoms with van der Waals surface area (Å²) >= 11 is 1.57. The number of carboxylic acids is 1. The van der Waals surface area contributed by atoms with E-state index in [0.29, 0.717) is 32.2 Å². The molecule has 0 aromatic heterocycles. The predicted octanol–water partition coefficient (Wildman–Crippen LogP) is -0.589. The third-order valence-electron chi connectivity index (χ3n) is 4.53. The van der Waals surface area contributed by atoms with Gasteiger partial charge in [-0.3, -0.25) is 19.2 Å². The van der Waals surface area contributed by atoms with E-state index >= 15 is 0 Å². The Morgan fingerprint density at radius 2 is 1.57 bits per heavy atom. The van der Waals surface area contributed by atoms with Crippen LogP contribution < -0.4 is 27.4 Å². The minimum Gasteiger partial charge on any atom is -0.480 e. The molecule has 0 fully saturated rings. The maximum Gasteiger partial charge on any atom is 0.325 e. The van der Waals surface area contributed by atoms with E-state index in [1.807, 2.05) is 6.26 Å². The standard InChI is InChI=1S/C19H37N5O5S/c1-11(2)15(24-16(25)13(21)8-10-30-4)18(27)23-14(7-5-6-9-20)17(26)22-12(3)19(28)29/h11-15H,5-10,20-21H2,1-4H3,(H,22,26)(H,23,27)(H,24,25)(H,28,29). The van der Waals surface area contributed by atoms with Crippen molar-refractivity contribution in [2.24, 2.45) is 17.4 Å². The zero-order valence-corrected chi connectivity index (χ0v) is 19.1. The van der Waals surface area contributed by atoms with Gasteiger partial charge in [-0.15, -0.1) is 0 Å². The van der Waals surface area contributed by atoms with E-state index in [1.165, 1.54) is 6.92 Å². The lowest BCUT2D eigenvalue weighted by molar-refractivity contribution is -0.142. The van der Waals surface area contributed by atoms with Crippen molar-refractivity contribution in [2.45, 2.75) is 70.6 Å². The van der Waals surface area contributed by atoms with Gasteiger partial charge in [0.2, 0.25) is 17.7 Å². The van der Waals surface area contributed by atoms with Crippen LogP contribution in [0.15, 0.2) is 0 Å². The number of carboxylic acid groups (broad SMARTS) is 1. The van der Waals surface area contributed by atoms with Gasteiger partial charge in [0.25, 0.3) is 0 Å². The normalized spacial score (nSPS) is 15.0. The van der Waals surface area contributed by atoms with E-state index in [9.17, 15) is 19.2 Å². The van der Waals surface area contributed by atoms with E-state index in [1.54, 1.807) is 25.6 Å². The molecule has 11 heteroatoms. The summed E-state index contributed by atoms with van der Waals surface area (Å²) in [6.07, 6.45) is 3.93. The first-order chi connectivity index (χ1) is 14.0. The number of aliphatic carboxylic acids is 1. The maximum absolute atomic E-state index is 12.8. The molecule has 4 unspecified atom stereocenters. The third kappa shape index (κ3) is 10.8. The van der Waals surface area contributed by atoms with Crippen molar-refractivity contribution in [3.63, 3.8) is 0 Å². The molecule has 0 aromatic rings. The summed E-state index contributed by atoms with van der Waals surface area (Å²) in [7, 11) is 0. The maximum atomic E-state index is 12.8. The Bertz CT molecular complexity index is 576. The second-order valence-corrected chi connectivity index (χ2v) is 8.52. The van der Waals surface area contributed by atoms with Gasteiger partial charge in [-0.05, 0) is 57.1 Å². The minimum atomic E-state index is -1.18. The van der Waals surface area contributed by atoms with Crippen molar-refractivity contribution in [1.29, 1.82) is 0 Å². The second-order valence-electron chi connectivity index (χ2n) is 7.53. The number of hydrogen-bond acceptors (Lipinski definition) is 7. The first-order valence-corrected chi connectivity index (χ1v) is 11.5. The van der Waals surface area contributed by atoms with Crippen LogP contribution in [0.2, 0.25) is 0 Å². The third-order valence-corrected chi connectivity index (χ3v) is 5.17. The molecule has 3 amide bonds. The van der Waals surface area contributed by atoms with Gasteiger partial charge in [0.1, 0.15) is 18.1 Å². The van der Waals surface area contributed by atoms with Crippen molar-refractivity contribution < 1.29 is 24.3 Å². The highest BCUT2D eigenvalue weighted by Crippen LogP contribution is 2.07. The van der Waals surface area contributed by atoms with Gasteiger partial charge in [-0.1, -0.05) is 13.8 Å². The van der Waals surface area contributed by atoms with Crippen LogP contribution in [0.3, 0.4) is 0 Å². The van der Waals surface area contributed by atoms with Crippen LogP contribution in [0.1, 0.15) is 46.5 Å². The molecular weight excluding hydrogens is 410 g/mol. The number of nitrogens with one attached hydrogen (secondary N) is 3. The first kappa shape index (κ1) is 28.1. The lowest BCUT2D eigenvalue weighted by Gasteiger charge is -2.26. The minimum absolute atomic E-state index is 0.243. The summed E-state index contributed by atoms with van der Waals surface area (Å²) < 4.78 is 0. The SMILES string of the molecule is CSCCC(N)C(=O)NC(C(=O)NC(CCCCN)C(=O)NC(C)C(=O)O)C(C)C. The summed E-state index contributed by atoms with van der Waals surface area (Å²) in [6, 6.07) is -3.64. The topological polar surface area (TPSA) is 177 Å². The van der Waals surface area contributed by atoms with Gasteiger partial charge in [0.05, 0.1) is 6.04 Å².